The van der Waals surface area contributed by atoms with Gasteiger partial charge in [-0.3, -0.25) is 0 Å². The van der Waals surface area contributed by atoms with Crippen molar-refractivity contribution in [1.29, 1.82) is 0 Å². The first kappa shape index (κ1) is 36.0. The first-order valence-corrected chi connectivity index (χ1v) is 3.63. The van der Waals surface area contributed by atoms with E-state index in [0.29, 0.717) is 0 Å². The van der Waals surface area contributed by atoms with Gasteiger partial charge in [0.25, 0.3) is 0 Å². The summed E-state index contributed by atoms with van der Waals surface area (Å²) in [6.45, 7) is 3.89. The molecule has 0 aliphatic carbocycles. The summed E-state index contributed by atoms with van der Waals surface area (Å²) in [5, 5.41) is 35.6. The fourth-order valence-corrected chi connectivity index (χ4v) is 0. The smallest absolute Gasteiger partial charge is 0.550 e. The van der Waals surface area contributed by atoms with Gasteiger partial charge >= 0.3 is 42.1 Å². The monoisotopic (exact) mass is 432 g/mol. The van der Waals surface area contributed by atoms with Gasteiger partial charge in [0.2, 0.25) is 0 Å². The van der Waals surface area contributed by atoms with Crippen LogP contribution >= 0.6 is 0 Å². The molecule has 8 nitrogen and oxygen atoms in total. The minimum atomic E-state index is -1.08. The number of aliphatic carboxylic acids is 4. The van der Waals surface area contributed by atoms with E-state index in [1.807, 2.05) is 0 Å². The van der Waals surface area contributed by atoms with Gasteiger partial charge in [0.05, 0.1) is 0 Å². The van der Waals surface area contributed by atoms with Crippen molar-refractivity contribution in [3.63, 3.8) is 0 Å². The van der Waals surface area contributed by atoms with Crippen LogP contribution in [0.4, 0.5) is 0 Å². The Kier molecular flexibility index (Phi) is 59.7. The van der Waals surface area contributed by atoms with Crippen molar-refractivity contribution in [2.24, 2.45) is 0 Å². The molecule has 0 aromatic carbocycles. The van der Waals surface area contributed by atoms with Crippen LogP contribution in [-0.4, -0.2) is 23.9 Å². The molecule has 18 heavy (non-hydrogen) atoms. The maximum Gasteiger partial charge on any atom is 2.00 e. The molecule has 0 aromatic heterocycles. The van der Waals surface area contributed by atoms with Crippen LogP contribution in [0.5, 0.6) is 0 Å². The van der Waals surface area contributed by atoms with Crippen molar-refractivity contribution in [1.82, 2.24) is 0 Å². The zero-order valence-corrected chi connectivity index (χ0v) is 14.1. The van der Waals surface area contributed by atoms with Crippen molar-refractivity contribution in [2.75, 3.05) is 0 Å². The molecule has 0 fully saturated rings. The maximum absolute atomic E-state index is 8.89. The third kappa shape index (κ3) is 5610. The number of rotatable bonds is 0. The molecule has 0 N–H and O–H groups in total. The number of hydrogen-bond acceptors (Lipinski definition) is 8. The van der Waals surface area contributed by atoms with Crippen LogP contribution in [0.15, 0.2) is 0 Å². The van der Waals surface area contributed by atoms with Crippen LogP contribution < -0.4 is 20.4 Å². The van der Waals surface area contributed by atoms with Gasteiger partial charge in [0.1, 0.15) is 0 Å². The molecule has 0 heterocycles. The average molecular weight is 428 g/mol. The Morgan fingerprint density at radius 1 is 0.500 bits per heavy atom. The van der Waals surface area contributed by atoms with Gasteiger partial charge < -0.3 is 39.6 Å². The first-order valence-electron chi connectivity index (χ1n) is 3.63. The molecule has 0 rings (SSSR count). The van der Waals surface area contributed by atoms with Crippen LogP contribution in [0.3, 0.4) is 0 Å². The standard InChI is InChI=1S/4C2H4O2.2Mo/c4*1-2(3)4;;/h4*1H3,(H,3,4);;/q;;;;2*+2/p-4. The van der Waals surface area contributed by atoms with E-state index in [1.54, 1.807) is 0 Å². The molecule has 0 spiro atoms. The summed E-state index contributed by atoms with van der Waals surface area (Å²) in [4.78, 5) is 35.6. The van der Waals surface area contributed by atoms with E-state index in [2.05, 4.69) is 0 Å². The molecule has 0 amide bonds. The minimum absolute atomic E-state index is 0. The van der Waals surface area contributed by atoms with Gasteiger partial charge in [0, 0.05) is 23.9 Å². The summed E-state index contributed by atoms with van der Waals surface area (Å²) in [7, 11) is 0. The fraction of sp³-hybridized carbons (Fsp3) is 0.500. The van der Waals surface area contributed by atoms with Gasteiger partial charge in [-0.05, 0) is 27.7 Å². The largest absolute Gasteiger partial charge is 2.00 e. The van der Waals surface area contributed by atoms with Gasteiger partial charge in [-0.2, -0.15) is 0 Å². The third-order valence-electron chi connectivity index (χ3n) is 0. The summed E-state index contributed by atoms with van der Waals surface area (Å²) in [5.74, 6) is -4.33. The molecule has 0 unspecified atom stereocenters. The fourth-order valence-electron chi connectivity index (χ4n) is 0. The topological polar surface area (TPSA) is 161 Å². The maximum atomic E-state index is 8.89. The number of carboxylic acid groups (broad SMARTS) is 4. The summed E-state index contributed by atoms with van der Waals surface area (Å²) in [6, 6.07) is 0. The predicted octanol–water partition coefficient (Wildman–Crippen LogP) is -4.98. The van der Waals surface area contributed by atoms with Gasteiger partial charge in [-0.25, -0.2) is 0 Å². The molecule has 0 aromatic rings. The van der Waals surface area contributed by atoms with Crippen LogP contribution in [0.25, 0.3) is 0 Å². The van der Waals surface area contributed by atoms with Crippen molar-refractivity contribution < 1.29 is 81.7 Å². The molecular formula is C8H12Mo2O8. The Hall–Kier alpha value is -0.743. The van der Waals surface area contributed by atoms with E-state index in [0.717, 1.165) is 27.7 Å². The number of carbonyl (C=O) groups excluding carboxylic acids is 4. The molecule has 0 saturated carbocycles. The van der Waals surface area contributed by atoms with E-state index in [4.69, 9.17) is 39.6 Å². The quantitative estimate of drug-likeness (QED) is 0.347. The molecule has 0 aliphatic rings. The average Bonchev–Trinajstić information content (AvgIpc) is 1.76. The molecule has 0 bridgehead atoms. The van der Waals surface area contributed by atoms with Crippen molar-refractivity contribution in [3.05, 3.63) is 0 Å². The van der Waals surface area contributed by atoms with Crippen molar-refractivity contribution in [2.45, 2.75) is 27.7 Å². The van der Waals surface area contributed by atoms with E-state index in [9.17, 15) is 0 Å². The minimum Gasteiger partial charge on any atom is -0.550 e. The first-order chi connectivity index (χ1) is 6.93. The van der Waals surface area contributed by atoms with Gasteiger partial charge in [-0.1, -0.05) is 0 Å². The van der Waals surface area contributed by atoms with Crippen LogP contribution in [-0.2, 0) is 61.3 Å². The molecule has 10 heteroatoms. The molecular weight excluding hydrogens is 416 g/mol. The second-order valence-electron chi connectivity index (χ2n) is 1.97. The van der Waals surface area contributed by atoms with Crippen molar-refractivity contribution >= 4 is 23.9 Å². The summed E-state index contributed by atoms with van der Waals surface area (Å²) < 4.78 is 0. The Bertz CT molecular complexity index is 165. The Labute approximate surface area is 133 Å². The third-order valence-corrected chi connectivity index (χ3v) is 0. The van der Waals surface area contributed by atoms with E-state index < -0.39 is 23.9 Å². The number of hydrogen-bond donors (Lipinski definition) is 0. The van der Waals surface area contributed by atoms with Crippen LogP contribution in [0, 0.1) is 0 Å². The van der Waals surface area contributed by atoms with E-state index in [1.165, 1.54) is 0 Å². The van der Waals surface area contributed by atoms with Gasteiger partial charge in [0.15, 0.2) is 0 Å². The Morgan fingerprint density at radius 3 is 0.500 bits per heavy atom. The number of carboxylic acids is 4. The van der Waals surface area contributed by atoms with E-state index in [-0.39, 0.29) is 42.1 Å². The zero-order valence-electron chi connectivity index (χ0n) is 10.1. The number of carbonyl (C=O) groups is 4. The van der Waals surface area contributed by atoms with Crippen LogP contribution in [0.1, 0.15) is 27.7 Å². The predicted molar refractivity (Wildman–Crippen MR) is 42.7 cm³/mol. The molecule has 0 atom stereocenters. The molecule has 0 radical (unpaired) electrons. The van der Waals surface area contributed by atoms with Crippen molar-refractivity contribution in [3.8, 4) is 0 Å². The van der Waals surface area contributed by atoms with E-state index >= 15 is 0 Å². The van der Waals surface area contributed by atoms with Gasteiger partial charge in [-0.15, -0.1) is 0 Å². The normalized spacial score (nSPS) is 5.56. The molecule has 0 saturated heterocycles. The molecule has 104 valence electrons. The molecule has 0 aliphatic heterocycles. The Balaban J connectivity index is -0.0000000257. The Morgan fingerprint density at radius 2 is 0.500 bits per heavy atom. The summed E-state index contributed by atoms with van der Waals surface area (Å²) in [6.07, 6.45) is 0. The van der Waals surface area contributed by atoms with Crippen LogP contribution in [0.2, 0.25) is 0 Å². The summed E-state index contributed by atoms with van der Waals surface area (Å²) in [5.41, 5.74) is 0. The SMILES string of the molecule is CC(=O)[O-].CC(=O)[O-].CC(=O)[O-].CC(=O)[O-].[Mo+2].[Mo+2]. The second-order valence-corrected chi connectivity index (χ2v) is 1.97. The summed E-state index contributed by atoms with van der Waals surface area (Å²) >= 11 is 0. The zero-order chi connectivity index (χ0) is 14.3. The second kappa shape index (κ2) is 29.9.